The molecule has 6 nitrogen and oxygen atoms in total. The second kappa shape index (κ2) is 8.92. The number of hydrogen-bond acceptors (Lipinski definition) is 3. The zero-order chi connectivity index (χ0) is 18.2. The molecule has 0 aliphatic rings. The van der Waals surface area contributed by atoms with Gasteiger partial charge in [-0.05, 0) is 30.7 Å². The minimum absolute atomic E-state index is 0.286. The number of urea groups is 1. The van der Waals surface area contributed by atoms with Crippen molar-refractivity contribution in [1.82, 2.24) is 14.9 Å². The Bertz CT molecular complexity index is 852. The number of carbonyl (C=O) groups excluding carboxylic acids is 1. The van der Waals surface area contributed by atoms with Crippen molar-refractivity contribution in [1.29, 1.82) is 0 Å². The first-order valence-electron chi connectivity index (χ1n) is 8.24. The van der Waals surface area contributed by atoms with Crippen molar-refractivity contribution in [3.05, 3.63) is 72.3 Å². The Morgan fingerprint density at radius 3 is 2.65 bits per heavy atom. The van der Waals surface area contributed by atoms with Crippen molar-refractivity contribution in [2.24, 2.45) is 0 Å². The summed E-state index contributed by atoms with van der Waals surface area (Å²) in [6, 6.07) is 14.1. The summed E-state index contributed by atoms with van der Waals surface area (Å²) >= 11 is 6.13. The summed E-state index contributed by atoms with van der Waals surface area (Å²) in [5.41, 5.74) is 0.569. The minimum atomic E-state index is -0.286. The van der Waals surface area contributed by atoms with Gasteiger partial charge in [0, 0.05) is 25.5 Å². The van der Waals surface area contributed by atoms with Gasteiger partial charge in [-0.2, -0.15) is 0 Å². The lowest BCUT2D eigenvalue weighted by molar-refractivity contribution is 0.251. The second-order valence-corrected chi connectivity index (χ2v) is 5.97. The first kappa shape index (κ1) is 17.8. The number of imidazole rings is 1. The van der Waals surface area contributed by atoms with E-state index in [2.05, 4.69) is 15.6 Å². The number of anilines is 1. The highest BCUT2D eigenvalue weighted by atomic mass is 35.5. The molecule has 7 heteroatoms. The average molecular weight is 371 g/mol. The molecule has 0 aliphatic carbocycles. The number of amides is 2. The normalized spacial score (nSPS) is 10.3. The molecule has 1 heterocycles. The molecule has 0 atom stereocenters. The molecule has 3 rings (SSSR count). The predicted octanol–water partition coefficient (Wildman–Crippen LogP) is 4.54. The van der Waals surface area contributed by atoms with E-state index in [9.17, 15) is 4.79 Å². The van der Waals surface area contributed by atoms with E-state index >= 15 is 0 Å². The van der Waals surface area contributed by atoms with Gasteiger partial charge in [0.05, 0.1) is 17.0 Å². The molecule has 0 saturated heterocycles. The number of hydrogen-bond donors (Lipinski definition) is 2. The fraction of sp³-hybridized carbons (Fsp3) is 0.158. The van der Waals surface area contributed by atoms with Crippen LogP contribution in [0.2, 0.25) is 5.02 Å². The zero-order valence-corrected chi connectivity index (χ0v) is 14.8. The largest absolute Gasteiger partial charge is 0.454 e. The Balaban J connectivity index is 1.54. The number of benzene rings is 2. The number of halogens is 1. The first-order valence-corrected chi connectivity index (χ1v) is 8.62. The van der Waals surface area contributed by atoms with E-state index in [4.69, 9.17) is 16.3 Å². The van der Waals surface area contributed by atoms with Crippen molar-refractivity contribution >= 4 is 23.3 Å². The van der Waals surface area contributed by atoms with Crippen LogP contribution in [-0.2, 0) is 6.54 Å². The average Bonchev–Trinajstić information content (AvgIpc) is 3.16. The van der Waals surface area contributed by atoms with Crippen LogP contribution in [0.1, 0.15) is 6.42 Å². The van der Waals surface area contributed by atoms with Gasteiger partial charge < -0.3 is 19.9 Å². The SMILES string of the molecule is O=C(NCCCn1ccnc1)Nc1ccccc1Oc1ccccc1Cl. The van der Waals surface area contributed by atoms with Crippen LogP contribution in [0.15, 0.2) is 67.3 Å². The molecular weight excluding hydrogens is 352 g/mol. The lowest BCUT2D eigenvalue weighted by Crippen LogP contribution is -2.30. The zero-order valence-electron chi connectivity index (χ0n) is 14.1. The van der Waals surface area contributed by atoms with Crippen LogP contribution in [0.3, 0.4) is 0 Å². The predicted molar refractivity (Wildman–Crippen MR) is 102 cm³/mol. The van der Waals surface area contributed by atoms with Crippen molar-refractivity contribution in [2.75, 3.05) is 11.9 Å². The highest BCUT2D eigenvalue weighted by molar-refractivity contribution is 6.32. The Morgan fingerprint density at radius 2 is 1.88 bits per heavy atom. The maximum atomic E-state index is 12.1. The van der Waals surface area contributed by atoms with Crippen LogP contribution in [0.5, 0.6) is 11.5 Å². The van der Waals surface area contributed by atoms with Gasteiger partial charge >= 0.3 is 6.03 Å². The summed E-state index contributed by atoms with van der Waals surface area (Å²) in [5.74, 6) is 1.05. The highest BCUT2D eigenvalue weighted by Gasteiger charge is 2.09. The van der Waals surface area contributed by atoms with E-state index in [1.54, 1.807) is 36.8 Å². The van der Waals surface area contributed by atoms with E-state index in [0.29, 0.717) is 28.8 Å². The Kier molecular flexibility index (Phi) is 6.11. The van der Waals surface area contributed by atoms with Crippen LogP contribution < -0.4 is 15.4 Å². The molecule has 134 valence electrons. The third-order valence-corrected chi connectivity index (χ3v) is 3.94. The van der Waals surface area contributed by atoms with E-state index < -0.39 is 0 Å². The van der Waals surface area contributed by atoms with Crippen LogP contribution in [-0.4, -0.2) is 22.1 Å². The number of nitrogens with zero attached hydrogens (tertiary/aromatic N) is 2. The number of nitrogens with one attached hydrogen (secondary N) is 2. The molecule has 0 radical (unpaired) electrons. The van der Waals surface area contributed by atoms with Gasteiger partial charge in [0.25, 0.3) is 0 Å². The molecule has 0 fully saturated rings. The molecule has 0 aliphatic heterocycles. The maximum Gasteiger partial charge on any atom is 0.319 e. The fourth-order valence-electron chi connectivity index (χ4n) is 2.35. The van der Waals surface area contributed by atoms with Crippen LogP contribution >= 0.6 is 11.6 Å². The minimum Gasteiger partial charge on any atom is -0.454 e. The fourth-order valence-corrected chi connectivity index (χ4v) is 2.53. The van der Waals surface area contributed by atoms with E-state index in [-0.39, 0.29) is 6.03 Å². The van der Waals surface area contributed by atoms with Crippen LogP contribution in [0, 0.1) is 0 Å². The molecule has 2 amide bonds. The van der Waals surface area contributed by atoms with Crippen molar-refractivity contribution in [3.8, 4) is 11.5 Å². The monoisotopic (exact) mass is 370 g/mol. The number of para-hydroxylation sites is 3. The summed E-state index contributed by atoms with van der Waals surface area (Å²) < 4.78 is 7.80. The first-order chi connectivity index (χ1) is 12.7. The number of ether oxygens (including phenoxy) is 1. The highest BCUT2D eigenvalue weighted by Crippen LogP contribution is 2.33. The second-order valence-electron chi connectivity index (χ2n) is 5.56. The van der Waals surface area contributed by atoms with E-state index in [0.717, 1.165) is 13.0 Å². The lowest BCUT2D eigenvalue weighted by atomic mass is 10.3. The third kappa shape index (κ3) is 5.00. The number of carbonyl (C=O) groups is 1. The summed E-state index contributed by atoms with van der Waals surface area (Å²) in [4.78, 5) is 16.1. The smallest absolute Gasteiger partial charge is 0.319 e. The molecule has 0 spiro atoms. The Labute approximate surface area is 156 Å². The molecule has 2 N–H and O–H groups in total. The van der Waals surface area contributed by atoms with Crippen LogP contribution in [0.25, 0.3) is 0 Å². The molecule has 2 aromatic carbocycles. The Hall–Kier alpha value is -2.99. The summed E-state index contributed by atoms with van der Waals surface area (Å²) in [7, 11) is 0. The number of aryl methyl sites for hydroxylation is 1. The summed E-state index contributed by atoms with van der Waals surface area (Å²) in [6.07, 6.45) is 6.18. The van der Waals surface area contributed by atoms with Crippen molar-refractivity contribution in [3.63, 3.8) is 0 Å². The summed E-state index contributed by atoms with van der Waals surface area (Å²) in [6.45, 7) is 1.35. The van der Waals surface area contributed by atoms with Gasteiger partial charge in [0.1, 0.15) is 5.75 Å². The molecule has 3 aromatic rings. The van der Waals surface area contributed by atoms with Gasteiger partial charge in [-0.3, -0.25) is 0 Å². The van der Waals surface area contributed by atoms with Gasteiger partial charge in [-0.15, -0.1) is 0 Å². The van der Waals surface area contributed by atoms with Crippen molar-refractivity contribution < 1.29 is 9.53 Å². The van der Waals surface area contributed by atoms with Gasteiger partial charge in [-0.1, -0.05) is 35.9 Å². The molecule has 26 heavy (non-hydrogen) atoms. The van der Waals surface area contributed by atoms with E-state index in [1.165, 1.54) is 0 Å². The standard InChI is InChI=1S/C19H19ClN4O2/c20-15-6-1-3-8-17(15)26-18-9-4-2-7-16(18)23-19(25)22-10-5-12-24-13-11-21-14-24/h1-4,6-9,11,13-14H,5,10,12H2,(H2,22,23,25). The number of aromatic nitrogens is 2. The topological polar surface area (TPSA) is 68.2 Å². The van der Waals surface area contributed by atoms with Gasteiger partial charge in [0.2, 0.25) is 0 Å². The van der Waals surface area contributed by atoms with Gasteiger partial charge in [0.15, 0.2) is 5.75 Å². The maximum absolute atomic E-state index is 12.1. The van der Waals surface area contributed by atoms with Crippen molar-refractivity contribution in [2.45, 2.75) is 13.0 Å². The van der Waals surface area contributed by atoms with Crippen LogP contribution in [0.4, 0.5) is 10.5 Å². The number of rotatable bonds is 7. The molecule has 1 aromatic heterocycles. The van der Waals surface area contributed by atoms with Gasteiger partial charge in [-0.25, -0.2) is 9.78 Å². The quantitative estimate of drug-likeness (QED) is 0.600. The molecule has 0 saturated carbocycles. The third-order valence-electron chi connectivity index (χ3n) is 3.63. The molecule has 0 unspecified atom stereocenters. The van der Waals surface area contributed by atoms with E-state index in [1.807, 2.05) is 35.0 Å². The Morgan fingerprint density at radius 1 is 1.12 bits per heavy atom. The lowest BCUT2D eigenvalue weighted by Gasteiger charge is -2.13. The molecular formula is C19H19ClN4O2. The summed E-state index contributed by atoms with van der Waals surface area (Å²) in [5, 5.41) is 6.14. The molecule has 0 bridgehead atoms.